The van der Waals surface area contributed by atoms with Crippen LogP contribution in [0.2, 0.25) is 0 Å². The van der Waals surface area contributed by atoms with Crippen molar-refractivity contribution in [3.8, 4) is 0 Å². The minimum absolute atomic E-state index is 0.0577. The first kappa shape index (κ1) is 14.0. The molecule has 0 aromatic carbocycles. The molecule has 0 saturated heterocycles. The number of aromatic nitrogens is 1. The molecule has 7 heteroatoms. The molecule has 0 aliphatic rings. The summed E-state index contributed by atoms with van der Waals surface area (Å²) in [4.78, 5) is 15.2. The van der Waals surface area contributed by atoms with Crippen molar-refractivity contribution >= 4 is 17.9 Å². The first-order valence-electron chi connectivity index (χ1n) is 4.88. The third-order valence-corrected chi connectivity index (χ3v) is 2.02. The minimum Gasteiger partial charge on any atom is -0.478 e. The second-order valence-electron chi connectivity index (χ2n) is 3.67. The molecule has 0 amide bonds. The molecule has 0 spiro atoms. The van der Waals surface area contributed by atoms with Crippen LogP contribution in [0.25, 0.3) is 6.08 Å². The lowest BCUT2D eigenvalue weighted by Crippen LogP contribution is -2.16. The number of hydrogen-bond acceptors (Lipinski definition) is 3. The Bertz CT molecular complexity index is 482. The zero-order valence-corrected chi connectivity index (χ0v) is 9.69. The van der Waals surface area contributed by atoms with Gasteiger partial charge in [0.2, 0.25) is 0 Å². The fourth-order valence-electron chi connectivity index (χ4n) is 1.27. The number of anilines is 1. The Morgan fingerprint density at radius 2 is 2.00 bits per heavy atom. The summed E-state index contributed by atoms with van der Waals surface area (Å²) in [7, 11) is 3.06. The number of carboxylic acid groups (broad SMARTS) is 1. The van der Waals surface area contributed by atoms with Crippen LogP contribution in [0.3, 0.4) is 0 Å². The van der Waals surface area contributed by atoms with E-state index >= 15 is 0 Å². The summed E-state index contributed by atoms with van der Waals surface area (Å²) < 4.78 is 37.5. The molecule has 1 aromatic rings. The van der Waals surface area contributed by atoms with Crippen LogP contribution in [0.4, 0.5) is 19.0 Å². The zero-order chi connectivity index (χ0) is 13.9. The molecule has 1 aromatic heterocycles. The van der Waals surface area contributed by atoms with Gasteiger partial charge in [-0.05, 0) is 18.2 Å². The monoisotopic (exact) mass is 260 g/mol. The van der Waals surface area contributed by atoms with E-state index in [4.69, 9.17) is 5.11 Å². The van der Waals surface area contributed by atoms with Gasteiger partial charge in [-0.25, -0.2) is 9.78 Å². The smallest absolute Gasteiger partial charge is 0.433 e. The zero-order valence-electron chi connectivity index (χ0n) is 9.69. The van der Waals surface area contributed by atoms with Gasteiger partial charge in [-0.15, -0.1) is 0 Å². The van der Waals surface area contributed by atoms with E-state index in [1.54, 1.807) is 0 Å². The molecule has 1 heterocycles. The van der Waals surface area contributed by atoms with Crippen LogP contribution in [-0.2, 0) is 11.0 Å². The molecule has 0 saturated carbocycles. The van der Waals surface area contributed by atoms with E-state index in [-0.39, 0.29) is 5.82 Å². The van der Waals surface area contributed by atoms with Crippen LogP contribution in [-0.4, -0.2) is 30.2 Å². The molecule has 0 radical (unpaired) electrons. The van der Waals surface area contributed by atoms with Crippen molar-refractivity contribution < 1.29 is 23.1 Å². The minimum atomic E-state index is -4.53. The molecule has 0 atom stereocenters. The lowest BCUT2D eigenvalue weighted by Gasteiger charge is -2.16. The third kappa shape index (κ3) is 3.47. The topological polar surface area (TPSA) is 53.4 Å². The van der Waals surface area contributed by atoms with Crippen molar-refractivity contribution in [3.63, 3.8) is 0 Å². The number of nitrogens with zero attached hydrogens (tertiary/aromatic N) is 2. The highest BCUT2D eigenvalue weighted by Crippen LogP contribution is 2.30. The quantitative estimate of drug-likeness (QED) is 0.847. The van der Waals surface area contributed by atoms with E-state index in [0.717, 1.165) is 12.1 Å². The number of hydrogen-bond donors (Lipinski definition) is 1. The van der Waals surface area contributed by atoms with E-state index in [9.17, 15) is 18.0 Å². The lowest BCUT2D eigenvalue weighted by atomic mass is 10.2. The van der Waals surface area contributed by atoms with Gasteiger partial charge in [0.15, 0.2) is 0 Å². The van der Waals surface area contributed by atoms with Crippen molar-refractivity contribution in [2.45, 2.75) is 6.18 Å². The number of carbonyl (C=O) groups is 1. The van der Waals surface area contributed by atoms with Crippen LogP contribution < -0.4 is 4.90 Å². The number of aliphatic carboxylic acids is 1. The Morgan fingerprint density at radius 3 is 2.44 bits per heavy atom. The first-order valence-corrected chi connectivity index (χ1v) is 4.88. The van der Waals surface area contributed by atoms with Gasteiger partial charge in [0.25, 0.3) is 0 Å². The largest absolute Gasteiger partial charge is 0.478 e. The number of halogens is 3. The second kappa shape index (κ2) is 5.07. The second-order valence-corrected chi connectivity index (χ2v) is 3.67. The molecule has 1 rings (SSSR count). The summed E-state index contributed by atoms with van der Waals surface area (Å²) in [6.07, 6.45) is -2.48. The molecular formula is C11H11F3N2O2. The highest BCUT2D eigenvalue weighted by molar-refractivity contribution is 5.86. The maximum Gasteiger partial charge on any atom is 0.433 e. The van der Waals surface area contributed by atoms with Crippen molar-refractivity contribution in [1.29, 1.82) is 0 Å². The van der Waals surface area contributed by atoms with E-state index in [1.807, 2.05) is 0 Å². The van der Waals surface area contributed by atoms with Gasteiger partial charge in [-0.2, -0.15) is 13.2 Å². The Balaban J connectivity index is 3.25. The summed E-state index contributed by atoms with van der Waals surface area (Å²) >= 11 is 0. The third-order valence-electron chi connectivity index (χ3n) is 2.02. The van der Waals surface area contributed by atoms with Gasteiger partial charge < -0.3 is 10.0 Å². The van der Waals surface area contributed by atoms with Crippen molar-refractivity contribution in [1.82, 2.24) is 4.98 Å². The summed E-state index contributed by atoms with van der Waals surface area (Å²) in [6.45, 7) is 0. The molecular weight excluding hydrogens is 249 g/mol. The van der Waals surface area contributed by atoms with Crippen LogP contribution >= 0.6 is 0 Å². The van der Waals surface area contributed by atoms with Gasteiger partial charge in [-0.1, -0.05) is 0 Å². The fraction of sp³-hybridized carbons (Fsp3) is 0.273. The van der Waals surface area contributed by atoms with Crippen LogP contribution in [0.5, 0.6) is 0 Å². The van der Waals surface area contributed by atoms with E-state index in [1.165, 1.54) is 31.1 Å². The number of alkyl halides is 3. The molecule has 0 fully saturated rings. The Kier molecular flexibility index (Phi) is 3.95. The van der Waals surface area contributed by atoms with Gasteiger partial charge in [-0.3, -0.25) is 0 Å². The average Bonchev–Trinajstić information content (AvgIpc) is 2.24. The van der Waals surface area contributed by atoms with E-state index in [0.29, 0.717) is 5.56 Å². The standard InChI is InChI=1S/C11H11F3N2O2/c1-16(2)10-7(4-6-9(17)18)3-5-8(15-10)11(12,13)14/h3-6H,1-2H3,(H,17,18). The summed E-state index contributed by atoms with van der Waals surface area (Å²) in [5.41, 5.74) is -0.714. The van der Waals surface area contributed by atoms with E-state index < -0.39 is 17.8 Å². The maximum absolute atomic E-state index is 12.5. The van der Waals surface area contributed by atoms with Crippen LogP contribution in [0.1, 0.15) is 11.3 Å². The highest BCUT2D eigenvalue weighted by Gasteiger charge is 2.33. The van der Waals surface area contributed by atoms with Gasteiger partial charge >= 0.3 is 12.1 Å². The molecule has 0 bridgehead atoms. The lowest BCUT2D eigenvalue weighted by molar-refractivity contribution is -0.141. The molecule has 0 aliphatic heterocycles. The van der Waals surface area contributed by atoms with Crippen LogP contribution in [0, 0.1) is 0 Å². The molecule has 0 unspecified atom stereocenters. The van der Waals surface area contributed by atoms with E-state index in [2.05, 4.69) is 4.98 Å². The predicted molar refractivity (Wildman–Crippen MR) is 60.2 cm³/mol. The van der Waals surface area contributed by atoms with Crippen molar-refractivity contribution in [2.75, 3.05) is 19.0 Å². The SMILES string of the molecule is CN(C)c1nc(C(F)(F)F)ccc1C=CC(=O)O. The fourth-order valence-corrected chi connectivity index (χ4v) is 1.27. The molecule has 98 valence electrons. The molecule has 18 heavy (non-hydrogen) atoms. The number of rotatable bonds is 3. The summed E-state index contributed by atoms with van der Waals surface area (Å²) in [6, 6.07) is 2.00. The van der Waals surface area contributed by atoms with Gasteiger partial charge in [0.05, 0.1) is 0 Å². The van der Waals surface area contributed by atoms with Crippen molar-refractivity contribution in [2.24, 2.45) is 0 Å². The molecule has 1 N–H and O–H groups in total. The van der Waals surface area contributed by atoms with Crippen molar-refractivity contribution in [3.05, 3.63) is 29.5 Å². The Labute approximate surface area is 101 Å². The number of carboxylic acids is 1. The highest BCUT2D eigenvalue weighted by atomic mass is 19.4. The van der Waals surface area contributed by atoms with Gasteiger partial charge in [0, 0.05) is 25.7 Å². The maximum atomic E-state index is 12.5. The Hall–Kier alpha value is -2.05. The average molecular weight is 260 g/mol. The van der Waals surface area contributed by atoms with Crippen LogP contribution in [0.15, 0.2) is 18.2 Å². The predicted octanol–water partition coefficient (Wildman–Crippen LogP) is 2.26. The molecule has 0 aliphatic carbocycles. The molecule has 4 nitrogen and oxygen atoms in total. The Morgan fingerprint density at radius 1 is 1.39 bits per heavy atom. The van der Waals surface area contributed by atoms with Gasteiger partial charge in [0.1, 0.15) is 11.5 Å². The first-order chi connectivity index (χ1) is 8.21. The number of pyridine rings is 1. The summed E-state index contributed by atoms with van der Waals surface area (Å²) in [5, 5.41) is 8.49. The normalized spacial score (nSPS) is 11.8. The summed E-state index contributed by atoms with van der Waals surface area (Å²) in [5.74, 6) is -1.12.